The minimum Gasteiger partial charge on any atom is -0.340 e. The topological polar surface area (TPSA) is 66.8 Å². The lowest BCUT2D eigenvalue weighted by molar-refractivity contribution is 0.0791. The zero-order valence-electron chi connectivity index (χ0n) is 15.2. The summed E-state index contributed by atoms with van der Waals surface area (Å²) in [4.78, 5) is 18.7. The summed E-state index contributed by atoms with van der Waals surface area (Å²) >= 11 is 0. The normalized spacial score (nSPS) is 11.0. The summed E-state index contributed by atoms with van der Waals surface area (Å²) in [7, 11) is 1.81. The first-order valence-corrected chi connectivity index (χ1v) is 8.94. The highest BCUT2D eigenvalue weighted by molar-refractivity contribution is 5.92. The molecular formula is C21H21N5O. The van der Waals surface area contributed by atoms with Gasteiger partial charge in [0.1, 0.15) is 5.69 Å². The molecule has 0 atom stereocenters. The van der Waals surface area contributed by atoms with Crippen LogP contribution in [0.2, 0.25) is 0 Å². The lowest BCUT2D eigenvalue weighted by Crippen LogP contribution is -2.29. The van der Waals surface area contributed by atoms with Crippen molar-refractivity contribution in [3.05, 3.63) is 83.9 Å². The summed E-state index contributed by atoms with van der Waals surface area (Å²) in [6.45, 7) is 1.24. The van der Waals surface area contributed by atoms with Crippen LogP contribution >= 0.6 is 0 Å². The molecule has 0 bridgehead atoms. The summed E-state index contributed by atoms with van der Waals surface area (Å²) < 4.78 is 2.04. The van der Waals surface area contributed by atoms with Gasteiger partial charge in [-0.1, -0.05) is 42.5 Å². The molecule has 0 saturated carbocycles. The van der Waals surface area contributed by atoms with Crippen molar-refractivity contribution in [2.75, 3.05) is 13.6 Å². The number of hydrogen-bond acceptors (Lipinski definition) is 3. The first-order valence-electron chi connectivity index (χ1n) is 8.94. The Morgan fingerprint density at radius 1 is 1.11 bits per heavy atom. The van der Waals surface area contributed by atoms with Crippen LogP contribution in [0.5, 0.6) is 0 Å². The minimum absolute atomic E-state index is 0.0797. The lowest BCUT2D eigenvalue weighted by atomic mass is 10.1. The average molecular weight is 359 g/mol. The third kappa shape index (κ3) is 3.74. The van der Waals surface area contributed by atoms with Gasteiger partial charge in [0.2, 0.25) is 0 Å². The zero-order valence-corrected chi connectivity index (χ0v) is 15.2. The fourth-order valence-corrected chi connectivity index (χ4v) is 3.11. The average Bonchev–Trinajstić information content (AvgIpc) is 3.34. The van der Waals surface area contributed by atoms with Gasteiger partial charge in [-0.05, 0) is 30.2 Å². The maximum Gasteiger partial charge on any atom is 0.274 e. The van der Waals surface area contributed by atoms with Gasteiger partial charge >= 0.3 is 0 Å². The number of fused-ring (bicyclic) bond motifs is 1. The van der Waals surface area contributed by atoms with Crippen molar-refractivity contribution >= 4 is 16.9 Å². The number of rotatable bonds is 6. The van der Waals surface area contributed by atoms with Crippen molar-refractivity contribution in [1.29, 1.82) is 0 Å². The van der Waals surface area contributed by atoms with Crippen molar-refractivity contribution in [2.24, 2.45) is 0 Å². The van der Waals surface area contributed by atoms with Gasteiger partial charge in [0.05, 0.1) is 29.6 Å². The Morgan fingerprint density at radius 3 is 2.74 bits per heavy atom. The predicted molar refractivity (Wildman–Crippen MR) is 105 cm³/mol. The van der Waals surface area contributed by atoms with Gasteiger partial charge in [0, 0.05) is 13.6 Å². The van der Waals surface area contributed by atoms with Crippen LogP contribution in [-0.4, -0.2) is 44.1 Å². The van der Waals surface area contributed by atoms with E-state index in [0.717, 1.165) is 23.1 Å². The van der Waals surface area contributed by atoms with Gasteiger partial charge in [-0.25, -0.2) is 4.98 Å². The van der Waals surface area contributed by atoms with Crippen LogP contribution in [0.3, 0.4) is 0 Å². The maximum atomic E-state index is 12.6. The number of para-hydroxylation sites is 2. The van der Waals surface area contributed by atoms with E-state index >= 15 is 0 Å². The minimum atomic E-state index is -0.0797. The summed E-state index contributed by atoms with van der Waals surface area (Å²) in [6, 6.07) is 19.9. The van der Waals surface area contributed by atoms with Gasteiger partial charge in [-0.15, -0.1) is 0 Å². The molecule has 0 saturated heterocycles. The molecule has 2 heterocycles. The van der Waals surface area contributed by atoms with Crippen molar-refractivity contribution in [3.8, 4) is 0 Å². The molecule has 2 aromatic carbocycles. The van der Waals surface area contributed by atoms with E-state index in [-0.39, 0.29) is 5.91 Å². The van der Waals surface area contributed by atoms with Crippen molar-refractivity contribution in [3.63, 3.8) is 0 Å². The van der Waals surface area contributed by atoms with Gasteiger partial charge in [-0.3, -0.25) is 9.89 Å². The number of carbonyl (C=O) groups is 1. The number of aromatic nitrogens is 4. The third-order valence-electron chi connectivity index (χ3n) is 4.64. The fourth-order valence-electron chi connectivity index (χ4n) is 3.11. The molecule has 4 aromatic rings. The molecule has 1 N–H and O–H groups in total. The first-order chi connectivity index (χ1) is 13.2. The number of hydrogen-bond donors (Lipinski definition) is 1. The highest BCUT2D eigenvalue weighted by Gasteiger charge is 2.15. The molecule has 0 spiro atoms. The van der Waals surface area contributed by atoms with Crippen LogP contribution in [0.25, 0.3) is 11.0 Å². The number of likely N-dealkylation sites (N-methyl/N-ethyl adjacent to an activating group) is 1. The summed E-state index contributed by atoms with van der Waals surface area (Å²) in [5.41, 5.74) is 4.53. The molecule has 6 heteroatoms. The third-order valence-corrected chi connectivity index (χ3v) is 4.64. The van der Waals surface area contributed by atoms with E-state index in [1.54, 1.807) is 11.2 Å². The molecule has 27 heavy (non-hydrogen) atoms. The van der Waals surface area contributed by atoms with Crippen LogP contribution in [0.4, 0.5) is 0 Å². The van der Waals surface area contributed by atoms with Crippen LogP contribution in [0.1, 0.15) is 21.7 Å². The van der Waals surface area contributed by atoms with Gasteiger partial charge in [0.15, 0.2) is 0 Å². The second kappa shape index (κ2) is 7.45. The Balaban J connectivity index is 1.41. The van der Waals surface area contributed by atoms with E-state index in [0.29, 0.717) is 18.8 Å². The number of H-pyrrole nitrogens is 1. The molecule has 0 unspecified atom stereocenters. The molecule has 0 aliphatic rings. The molecule has 0 fully saturated rings. The van der Waals surface area contributed by atoms with E-state index in [4.69, 9.17) is 0 Å². The van der Waals surface area contributed by atoms with E-state index < -0.39 is 0 Å². The fraction of sp³-hybridized carbons (Fsp3) is 0.190. The SMILES string of the molecule is CN(CCc1ccccc1)C(=O)c1cc(Cn2cnc3ccccc32)[nH]n1. The summed E-state index contributed by atoms with van der Waals surface area (Å²) in [5, 5.41) is 7.18. The number of benzene rings is 2. The van der Waals surface area contributed by atoms with Gasteiger partial charge in [-0.2, -0.15) is 5.10 Å². The van der Waals surface area contributed by atoms with Crippen LogP contribution in [-0.2, 0) is 13.0 Å². The molecule has 4 rings (SSSR count). The second-order valence-electron chi connectivity index (χ2n) is 6.60. The molecule has 1 amide bonds. The Hall–Kier alpha value is -3.41. The Kier molecular flexibility index (Phi) is 4.70. The Labute approximate surface area is 157 Å². The molecule has 6 nitrogen and oxygen atoms in total. The van der Waals surface area contributed by atoms with E-state index in [2.05, 4.69) is 27.3 Å². The number of carbonyl (C=O) groups excluding carboxylic acids is 1. The summed E-state index contributed by atoms with van der Waals surface area (Å²) in [6.07, 6.45) is 2.63. The Morgan fingerprint density at radius 2 is 1.89 bits per heavy atom. The second-order valence-corrected chi connectivity index (χ2v) is 6.60. The quantitative estimate of drug-likeness (QED) is 0.575. The standard InChI is InChI=1S/C21H21N5O/c1-25(12-11-16-7-3-2-4-8-16)21(27)19-13-17(23-24-19)14-26-15-22-18-9-5-6-10-20(18)26/h2-10,13,15H,11-12,14H2,1H3,(H,23,24). The molecule has 0 aliphatic carbocycles. The van der Waals surface area contributed by atoms with Crippen LogP contribution < -0.4 is 0 Å². The molecule has 136 valence electrons. The van der Waals surface area contributed by atoms with Crippen LogP contribution in [0, 0.1) is 0 Å². The zero-order chi connectivity index (χ0) is 18.6. The summed E-state index contributed by atoms with van der Waals surface area (Å²) in [5.74, 6) is -0.0797. The number of imidazole rings is 1. The van der Waals surface area contributed by atoms with E-state index in [9.17, 15) is 4.79 Å². The largest absolute Gasteiger partial charge is 0.340 e. The highest BCUT2D eigenvalue weighted by Crippen LogP contribution is 2.14. The van der Waals surface area contributed by atoms with Crippen molar-refractivity contribution in [1.82, 2.24) is 24.6 Å². The number of aromatic amines is 1. The molecule has 0 radical (unpaired) electrons. The molecular weight excluding hydrogens is 338 g/mol. The van der Waals surface area contributed by atoms with E-state index in [1.165, 1.54) is 5.56 Å². The lowest BCUT2D eigenvalue weighted by Gasteiger charge is -2.15. The number of nitrogens with one attached hydrogen (secondary N) is 1. The van der Waals surface area contributed by atoms with Crippen LogP contribution in [0.15, 0.2) is 67.0 Å². The van der Waals surface area contributed by atoms with Crippen molar-refractivity contribution in [2.45, 2.75) is 13.0 Å². The smallest absolute Gasteiger partial charge is 0.274 e. The Bertz CT molecular complexity index is 1050. The highest BCUT2D eigenvalue weighted by atomic mass is 16.2. The van der Waals surface area contributed by atoms with Gasteiger partial charge < -0.3 is 9.47 Å². The predicted octanol–water partition coefficient (Wildman–Crippen LogP) is 3.12. The van der Waals surface area contributed by atoms with E-state index in [1.807, 2.05) is 60.1 Å². The number of nitrogens with zero attached hydrogens (tertiary/aromatic N) is 4. The first kappa shape index (κ1) is 17.0. The maximum absolute atomic E-state index is 12.6. The molecule has 2 aromatic heterocycles. The molecule has 0 aliphatic heterocycles. The van der Waals surface area contributed by atoms with Gasteiger partial charge in [0.25, 0.3) is 5.91 Å². The number of amides is 1. The monoisotopic (exact) mass is 359 g/mol. The van der Waals surface area contributed by atoms with Crippen molar-refractivity contribution < 1.29 is 4.79 Å².